The van der Waals surface area contributed by atoms with Crippen LogP contribution in [-0.4, -0.2) is 0 Å². The summed E-state index contributed by atoms with van der Waals surface area (Å²) in [5.41, 5.74) is 16.7. The molecule has 0 fully saturated rings. The molecule has 0 saturated carbocycles. The van der Waals surface area contributed by atoms with Gasteiger partial charge in [0, 0.05) is 30.9 Å². The van der Waals surface area contributed by atoms with Crippen LogP contribution in [0.3, 0.4) is 0 Å². The molecule has 1 aliphatic rings. The summed E-state index contributed by atoms with van der Waals surface area (Å²) in [4.78, 5) is 0. The van der Waals surface area contributed by atoms with Gasteiger partial charge >= 0.3 is 0 Å². The highest BCUT2D eigenvalue weighted by Gasteiger charge is 2.26. The van der Waals surface area contributed by atoms with Crippen LogP contribution in [0, 0.1) is 0 Å². The van der Waals surface area contributed by atoms with Crippen molar-refractivity contribution in [2.75, 3.05) is 0 Å². The van der Waals surface area contributed by atoms with Crippen molar-refractivity contribution in [3.63, 3.8) is 0 Å². The van der Waals surface area contributed by atoms with Crippen LogP contribution in [0.25, 0.3) is 109 Å². The number of rotatable bonds is 2. The first-order chi connectivity index (χ1) is 24.8. The van der Waals surface area contributed by atoms with E-state index in [9.17, 15) is 0 Å². The van der Waals surface area contributed by atoms with E-state index in [1.54, 1.807) is 0 Å². The largest absolute Gasteiger partial charge is 0.456 e. The first-order valence-corrected chi connectivity index (χ1v) is 17.9. The molecule has 2 heterocycles. The minimum absolute atomic E-state index is 0.906. The third-order valence-electron chi connectivity index (χ3n) is 10.5. The van der Waals surface area contributed by atoms with E-state index >= 15 is 0 Å². The summed E-state index contributed by atoms with van der Waals surface area (Å²) < 4.78 is 8.94. The Kier molecular flexibility index (Phi) is 5.89. The van der Waals surface area contributed by atoms with Gasteiger partial charge in [0.25, 0.3) is 0 Å². The lowest BCUT2D eigenvalue weighted by molar-refractivity contribution is 0.669. The average molecular weight is 653 g/mol. The van der Waals surface area contributed by atoms with Crippen molar-refractivity contribution in [1.29, 1.82) is 0 Å². The van der Waals surface area contributed by atoms with Gasteiger partial charge in [-0.2, -0.15) is 0 Å². The minimum atomic E-state index is 0.906. The van der Waals surface area contributed by atoms with Crippen molar-refractivity contribution in [3.05, 3.63) is 170 Å². The predicted octanol–water partition coefficient (Wildman–Crippen LogP) is 14.3. The monoisotopic (exact) mass is 652 g/mol. The van der Waals surface area contributed by atoms with Crippen molar-refractivity contribution in [3.8, 4) is 66.8 Å². The summed E-state index contributed by atoms with van der Waals surface area (Å²) in [6.45, 7) is 0. The summed E-state index contributed by atoms with van der Waals surface area (Å²) in [6, 6.07) is 62.3. The maximum atomic E-state index is 6.31. The van der Waals surface area contributed by atoms with Crippen molar-refractivity contribution < 1.29 is 4.42 Å². The van der Waals surface area contributed by atoms with Gasteiger partial charge in [0.15, 0.2) is 0 Å². The third-order valence-corrected chi connectivity index (χ3v) is 11.7. The molecule has 50 heavy (non-hydrogen) atoms. The standard InChI is InChI=1S/C48H28OS/c1-2-13-33-32(12-1)34-14-3-4-16-36(34)43-28-30(31-20-11-21-40-38-18-8-10-23-46(38)50-48(31)40)27-41(47(43)39-19-6-5-15-35(33)39)29-24-25-45-42(26-29)37-17-7-9-22-44(37)49-45/h1-28H. The molecule has 232 valence electrons. The van der Waals surface area contributed by atoms with Crippen molar-refractivity contribution in [2.45, 2.75) is 0 Å². The average Bonchev–Trinajstić information content (AvgIpc) is 3.75. The minimum Gasteiger partial charge on any atom is -0.456 e. The van der Waals surface area contributed by atoms with E-state index in [1.807, 2.05) is 17.4 Å². The first kappa shape index (κ1) is 27.7. The zero-order valence-electron chi connectivity index (χ0n) is 27.0. The molecule has 0 N–H and O–H groups in total. The molecule has 11 rings (SSSR count). The van der Waals surface area contributed by atoms with Gasteiger partial charge in [0.1, 0.15) is 11.2 Å². The van der Waals surface area contributed by atoms with Crippen molar-refractivity contribution >= 4 is 53.4 Å². The Morgan fingerprint density at radius 1 is 0.320 bits per heavy atom. The maximum absolute atomic E-state index is 6.31. The summed E-state index contributed by atoms with van der Waals surface area (Å²) in [5, 5.41) is 4.89. The molecule has 2 heteroatoms. The Balaban J connectivity index is 1.30. The van der Waals surface area contributed by atoms with Crippen molar-refractivity contribution in [1.82, 2.24) is 0 Å². The quantitative estimate of drug-likeness (QED) is 0.181. The zero-order valence-corrected chi connectivity index (χ0v) is 27.8. The van der Waals surface area contributed by atoms with E-state index < -0.39 is 0 Å². The summed E-state index contributed by atoms with van der Waals surface area (Å²) in [6.07, 6.45) is 0. The molecule has 1 nitrogen and oxygen atoms in total. The highest BCUT2D eigenvalue weighted by Crippen LogP contribution is 2.53. The molecule has 0 aliphatic heterocycles. The Bertz CT molecular complexity index is 2990. The predicted molar refractivity (Wildman–Crippen MR) is 213 cm³/mol. The van der Waals surface area contributed by atoms with E-state index in [1.165, 1.54) is 86.9 Å². The van der Waals surface area contributed by atoms with Crippen LogP contribution in [0.15, 0.2) is 174 Å². The smallest absolute Gasteiger partial charge is 0.135 e. The van der Waals surface area contributed by atoms with Crippen LogP contribution in [0.2, 0.25) is 0 Å². The number of hydrogen-bond donors (Lipinski definition) is 0. The number of thiophene rings is 1. The van der Waals surface area contributed by atoms with Gasteiger partial charge in [-0.3, -0.25) is 0 Å². The summed E-state index contributed by atoms with van der Waals surface area (Å²) in [5.74, 6) is 0. The molecule has 0 amide bonds. The SMILES string of the molecule is c1ccc2c(c1)-c1ccccc1-c1cc(-c3cccc4c3sc3ccccc34)cc(-c3ccc4oc5ccccc5c4c3)c1-c1ccccc1-2. The summed E-state index contributed by atoms with van der Waals surface area (Å²) in [7, 11) is 0. The van der Waals surface area contributed by atoms with Gasteiger partial charge in [0.2, 0.25) is 0 Å². The molecule has 0 bridgehead atoms. The fourth-order valence-corrected chi connectivity index (χ4v) is 9.48. The molecule has 0 spiro atoms. The summed E-state index contributed by atoms with van der Waals surface area (Å²) >= 11 is 1.89. The van der Waals surface area contributed by atoms with E-state index in [0.29, 0.717) is 0 Å². The highest BCUT2D eigenvalue weighted by atomic mass is 32.1. The molecule has 8 aromatic carbocycles. The molecule has 0 radical (unpaired) electrons. The van der Waals surface area contributed by atoms with Crippen molar-refractivity contribution in [2.24, 2.45) is 0 Å². The number of benzene rings is 8. The van der Waals surface area contributed by atoms with Crippen LogP contribution >= 0.6 is 11.3 Å². The Morgan fingerprint density at radius 3 is 1.62 bits per heavy atom. The topological polar surface area (TPSA) is 13.1 Å². The second-order valence-electron chi connectivity index (χ2n) is 13.2. The molecule has 0 unspecified atom stereocenters. The lowest BCUT2D eigenvalue weighted by Gasteiger charge is -2.26. The fourth-order valence-electron chi connectivity index (χ4n) is 8.24. The lowest BCUT2D eigenvalue weighted by atomic mass is 9.77. The van der Waals surface area contributed by atoms with Crippen LogP contribution < -0.4 is 0 Å². The van der Waals surface area contributed by atoms with E-state index in [-0.39, 0.29) is 0 Å². The molecule has 0 saturated heterocycles. The fraction of sp³-hybridized carbons (Fsp3) is 0. The van der Waals surface area contributed by atoms with Gasteiger partial charge in [-0.1, -0.05) is 133 Å². The Labute approximate surface area is 293 Å². The normalized spacial score (nSPS) is 12.0. The number of para-hydroxylation sites is 1. The van der Waals surface area contributed by atoms with Crippen LogP contribution in [0.4, 0.5) is 0 Å². The van der Waals surface area contributed by atoms with E-state index in [4.69, 9.17) is 4.42 Å². The number of hydrogen-bond acceptors (Lipinski definition) is 2. The molecule has 2 aromatic heterocycles. The van der Waals surface area contributed by atoms with Gasteiger partial charge in [-0.05, 0) is 103 Å². The first-order valence-electron chi connectivity index (χ1n) is 17.1. The lowest BCUT2D eigenvalue weighted by Crippen LogP contribution is -1.99. The van der Waals surface area contributed by atoms with Crippen LogP contribution in [0.5, 0.6) is 0 Å². The highest BCUT2D eigenvalue weighted by molar-refractivity contribution is 7.26. The van der Waals surface area contributed by atoms with E-state index in [0.717, 1.165) is 21.9 Å². The van der Waals surface area contributed by atoms with Gasteiger partial charge in [-0.15, -0.1) is 11.3 Å². The molecule has 1 aliphatic carbocycles. The molecule has 0 atom stereocenters. The van der Waals surface area contributed by atoms with Gasteiger partial charge in [0.05, 0.1) is 0 Å². The maximum Gasteiger partial charge on any atom is 0.135 e. The zero-order chi connectivity index (χ0) is 32.8. The second-order valence-corrected chi connectivity index (χ2v) is 14.2. The Morgan fingerprint density at radius 2 is 0.860 bits per heavy atom. The second kappa shape index (κ2) is 10.6. The van der Waals surface area contributed by atoms with Gasteiger partial charge < -0.3 is 4.42 Å². The number of furan rings is 1. The van der Waals surface area contributed by atoms with Crippen LogP contribution in [-0.2, 0) is 0 Å². The Hall–Kier alpha value is -6.22. The molecular weight excluding hydrogens is 625 g/mol. The van der Waals surface area contributed by atoms with Gasteiger partial charge in [-0.25, -0.2) is 0 Å². The molecular formula is C48H28OS. The van der Waals surface area contributed by atoms with E-state index in [2.05, 4.69) is 164 Å². The number of fused-ring (bicyclic) bond motifs is 14. The van der Waals surface area contributed by atoms with Crippen LogP contribution in [0.1, 0.15) is 0 Å². The molecule has 10 aromatic rings. The third kappa shape index (κ3) is 4.00.